The number of hydrogen-bond donors (Lipinski definition) is 1. The van der Waals surface area contributed by atoms with E-state index in [0.29, 0.717) is 6.04 Å². The molecule has 1 heterocycles. The van der Waals surface area contributed by atoms with Crippen LogP contribution in [0, 0.1) is 0 Å². The van der Waals surface area contributed by atoms with E-state index in [0.717, 1.165) is 12.5 Å². The first-order valence-corrected chi connectivity index (χ1v) is 6.77. The van der Waals surface area contributed by atoms with Crippen molar-refractivity contribution >= 4 is 0 Å². The average Bonchev–Trinajstić information content (AvgIpc) is 2.27. The number of hydrogen-bond acceptors (Lipinski definition) is 3. The molecule has 0 aromatic heterocycles. The van der Waals surface area contributed by atoms with Crippen molar-refractivity contribution in [1.82, 2.24) is 9.80 Å². The monoisotopic (exact) mass is 227 g/mol. The fourth-order valence-electron chi connectivity index (χ4n) is 2.52. The molecule has 0 amide bonds. The normalized spacial score (nSPS) is 24.9. The van der Waals surface area contributed by atoms with Crippen LogP contribution in [0.2, 0.25) is 0 Å². The minimum Gasteiger partial charge on any atom is -0.328 e. The molecule has 2 unspecified atom stereocenters. The van der Waals surface area contributed by atoms with Crippen LogP contribution in [0.5, 0.6) is 0 Å². The van der Waals surface area contributed by atoms with Crippen molar-refractivity contribution in [3.8, 4) is 0 Å². The van der Waals surface area contributed by atoms with Crippen LogP contribution in [0.25, 0.3) is 0 Å². The summed E-state index contributed by atoms with van der Waals surface area (Å²) in [6.45, 7) is 5.89. The first-order chi connectivity index (χ1) is 7.63. The highest BCUT2D eigenvalue weighted by molar-refractivity contribution is 4.78. The van der Waals surface area contributed by atoms with Crippen LogP contribution in [0.3, 0.4) is 0 Å². The summed E-state index contributed by atoms with van der Waals surface area (Å²) in [5.41, 5.74) is 6.06. The molecule has 1 aliphatic rings. The van der Waals surface area contributed by atoms with Gasteiger partial charge in [0.1, 0.15) is 0 Å². The molecule has 2 atom stereocenters. The van der Waals surface area contributed by atoms with Crippen molar-refractivity contribution in [1.29, 1.82) is 0 Å². The molecule has 0 aromatic carbocycles. The molecule has 16 heavy (non-hydrogen) atoms. The van der Waals surface area contributed by atoms with Gasteiger partial charge in [0.25, 0.3) is 0 Å². The number of piperidine rings is 1. The van der Waals surface area contributed by atoms with Crippen LogP contribution >= 0.6 is 0 Å². The third-order valence-corrected chi connectivity index (χ3v) is 3.69. The summed E-state index contributed by atoms with van der Waals surface area (Å²) in [5.74, 6) is 0. The summed E-state index contributed by atoms with van der Waals surface area (Å²) in [6.07, 6.45) is 6.23. The zero-order valence-corrected chi connectivity index (χ0v) is 11.3. The lowest BCUT2D eigenvalue weighted by Gasteiger charge is -2.36. The van der Waals surface area contributed by atoms with Crippen LogP contribution in [-0.4, -0.2) is 55.6 Å². The molecule has 1 saturated heterocycles. The van der Waals surface area contributed by atoms with E-state index in [-0.39, 0.29) is 0 Å². The molecule has 1 fully saturated rings. The first-order valence-electron chi connectivity index (χ1n) is 6.77. The summed E-state index contributed by atoms with van der Waals surface area (Å²) < 4.78 is 0. The molecule has 0 saturated carbocycles. The van der Waals surface area contributed by atoms with Gasteiger partial charge >= 0.3 is 0 Å². The minimum absolute atomic E-state index is 0.407. The van der Waals surface area contributed by atoms with Crippen molar-refractivity contribution in [2.45, 2.75) is 51.1 Å². The molecule has 0 bridgehead atoms. The van der Waals surface area contributed by atoms with E-state index in [9.17, 15) is 0 Å². The second-order valence-corrected chi connectivity index (χ2v) is 5.40. The van der Waals surface area contributed by atoms with Gasteiger partial charge in [-0.25, -0.2) is 0 Å². The van der Waals surface area contributed by atoms with Gasteiger partial charge < -0.3 is 15.5 Å². The fraction of sp³-hybridized carbons (Fsp3) is 1.00. The number of likely N-dealkylation sites (tertiary alicyclic amines) is 1. The number of nitrogens with zero attached hydrogens (tertiary/aromatic N) is 2. The largest absolute Gasteiger partial charge is 0.328 e. The molecular formula is C13H29N3. The van der Waals surface area contributed by atoms with Gasteiger partial charge in [-0.05, 0) is 52.9 Å². The summed E-state index contributed by atoms with van der Waals surface area (Å²) in [7, 11) is 4.38. The Kier molecular flexibility index (Phi) is 6.32. The van der Waals surface area contributed by atoms with Gasteiger partial charge in [-0.1, -0.05) is 13.3 Å². The van der Waals surface area contributed by atoms with Crippen LogP contribution in [0.1, 0.15) is 39.0 Å². The second kappa shape index (κ2) is 7.25. The van der Waals surface area contributed by atoms with E-state index in [2.05, 4.69) is 30.8 Å². The van der Waals surface area contributed by atoms with Gasteiger partial charge in [0, 0.05) is 18.6 Å². The smallest absolute Gasteiger partial charge is 0.0217 e. The first kappa shape index (κ1) is 13.9. The van der Waals surface area contributed by atoms with Gasteiger partial charge in [-0.2, -0.15) is 0 Å². The van der Waals surface area contributed by atoms with Gasteiger partial charge in [0.05, 0.1) is 0 Å². The minimum atomic E-state index is 0.407. The Morgan fingerprint density at radius 3 is 2.75 bits per heavy atom. The highest BCUT2D eigenvalue weighted by Crippen LogP contribution is 2.14. The van der Waals surface area contributed by atoms with E-state index in [4.69, 9.17) is 5.73 Å². The van der Waals surface area contributed by atoms with Gasteiger partial charge in [-0.3, -0.25) is 0 Å². The van der Waals surface area contributed by atoms with E-state index >= 15 is 0 Å². The maximum Gasteiger partial charge on any atom is 0.0217 e. The van der Waals surface area contributed by atoms with Crippen LogP contribution in [-0.2, 0) is 0 Å². The lowest BCUT2D eigenvalue weighted by Crippen LogP contribution is -2.46. The molecular weight excluding hydrogens is 198 g/mol. The van der Waals surface area contributed by atoms with Gasteiger partial charge in [-0.15, -0.1) is 0 Å². The highest BCUT2D eigenvalue weighted by Gasteiger charge is 2.21. The lowest BCUT2D eigenvalue weighted by molar-refractivity contribution is 0.130. The Labute approximate surface area is 101 Å². The molecule has 2 N–H and O–H groups in total. The summed E-state index contributed by atoms with van der Waals surface area (Å²) >= 11 is 0. The molecule has 0 aliphatic carbocycles. The molecule has 96 valence electrons. The van der Waals surface area contributed by atoms with Gasteiger partial charge in [0.2, 0.25) is 0 Å². The van der Waals surface area contributed by atoms with Crippen LogP contribution in [0.15, 0.2) is 0 Å². The van der Waals surface area contributed by atoms with Crippen LogP contribution < -0.4 is 5.73 Å². The Morgan fingerprint density at radius 1 is 1.38 bits per heavy atom. The topological polar surface area (TPSA) is 32.5 Å². The predicted molar refractivity (Wildman–Crippen MR) is 70.6 cm³/mol. The summed E-state index contributed by atoms with van der Waals surface area (Å²) in [4.78, 5) is 4.95. The SMILES string of the molecule is CCCC(N)CCN1CCCC(N(C)C)C1. The Morgan fingerprint density at radius 2 is 2.12 bits per heavy atom. The Balaban J connectivity index is 2.21. The summed E-state index contributed by atoms with van der Waals surface area (Å²) in [5, 5.41) is 0. The molecule has 0 spiro atoms. The van der Waals surface area contributed by atoms with E-state index in [1.54, 1.807) is 0 Å². The zero-order valence-electron chi connectivity index (χ0n) is 11.3. The molecule has 1 rings (SSSR count). The van der Waals surface area contributed by atoms with Crippen molar-refractivity contribution in [3.05, 3.63) is 0 Å². The van der Waals surface area contributed by atoms with Crippen molar-refractivity contribution in [2.24, 2.45) is 5.73 Å². The standard InChI is InChI=1S/C13H29N3/c1-4-6-12(14)8-10-16-9-5-7-13(11-16)15(2)3/h12-13H,4-11,14H2,1-3H3. The predicted octanol–water partition coefficient (Wildman–Crippen LogP) is 1.53. The average molecular weight is 227 g/mol. The number of nitrogens with two attached hydrogens (primary N) is 1. The Hall–Kier alpha value is -0.120. The number of rotatable bonds is 6. The Bertz CT molecular complexity index is 182. The highest BCUT2D eigenvalue weighted by atomic mass is 15.2. The van der Waals surface area contributed by atoms with Crippen molar-refractivity contribution in [3.63, 3.8) is 0 Å². The van der Waals surface area contributed by atoms with Gasteiger partial charge in [0.15, 0.2) is 0 Å². The third-order valence-electron chi connectivity index (χ3n) is 3.69. The molecule has 0 aromatic rings. The van der Waals surface area contributed by atoms with Crippen molar-refractivity contribution < 1.29 is 0 Å². The molecule has 0 radical (unpaired) electrons. The van der Waals surface area contributed by atoms with E-state index in [1.807, 2.05) is 0 Å². The summed E-state index contributed by atoms with van der Waals surface area (Å²) in [6, 6.07) is 1.15. The maximum absolute atomic E-state index is 6.06. The number of likely N-dealkylation sites (N-methyl/N-ethyl adjacent to an activating group) is 1. The fourth-order valence-corrected chi connectivity index (χ4v) is 2.52. The molecule has 3 heteroatoms. The van der Waals surface area contributed by atoms with E-state index in [1.165, 1.54) is 45.3 Å². The lowest BCUT2D eigenvalue weighted by atomic mass is 10.0. The van der Waals surface area contributed by atoms with Crippen molar-refractivity contribution in [2.75, 3.05) is 33.7 Å². The van der Waals surface area contributed by atoms with Crippen LogP contribution in [0.4, 0.5) is 0 Å². The zero-order chi connectivity index (χ0) is 12.0. The maximum atomic E-state index is 6.06. The van der Waals surface area contributed by atoms with E-state index < -0.39 is 0 Å². The second-order valence-electron chi connectivity index (χ2n) is 5.40. The molecule has 3 nitrogen and oxygen atoms in total. The third kappa shape index (κ3) is 4.81. The molecule has 1 aliphatic heterocycles. The quantitative estimate of drug-likeness (QED) is 0.747.